The standard InChI is InChI=1S/C12H28N2/c1-5-14(6-2)10-8-7-9-13-11-12(3)4/h12-13H,5-11H2,1-4H3. The van der Waals surface area contributed by atoms with E-state index in [1.807, 2.05) is 0 Å². The van der Waals surface area contributed by atoms with Gasteiger partial charge in [-0.05, 0) is 51.5 Å². The van der Waals surface area contributed by atoms with Gasteiger partial charge >= 0.3 is 0 Å². The molecule has 0 heterocycles. The average molecular weight is 200 g/mol. The molecule has 0 aromatic rings. The first-order valence-corrected chi connectivity index (χ1v) is 6.13. The summed E-state index contributed by atoms with van der Waals surface area (Å²) in [4.78, 5) is 2.49. The summed E-state index contributed by atoms with van der Waals surface area (Å²) in [5.41, 5.74) is 0. The van der Waals surface area contributed by atoms with E-state index in [1.54, 1.807) is 0 Å². The highest BCUT2D eigenvalue weighted by Crippen LogP contribution is 1.94. The van der Waals surface area contributed by atoms with E-state index in [9.17, 15) is 0 Å². The quantitative estimate of drug-likeness (QED) is 0.575. The zero-order valence-corrected chi connectivity index (χ0v) is 10.5. The minimum Gasteiger partial charge on any atom is -0.316 e. The van der Waals surface area contributed by atoms with Gasteiger partial charge in [0, 0.05) is 0 Å². The van der Waals surface area contributed by atoms with Gasteiger partial charge in [0.25, 0.3) is 0 Å². The normalized spacial score (nSPS) is 11.6. The maximum atomic E-state index is 3.48. The van der Waals surface area contributed by atoms with Crippen molar-refractivity contribution in [3.05, 3.63) is 0 Å². The molecule has 0 radical (unpaired) electrons. The minimum atomic E-state index is 0.776. The van der Waals surface area contributed by atoms with Crippen LogP contribution in [-0.4, -0.2) is 37.6 Å². The van der Waals surface area contributed by atoms with Gasteiger partial charge in [-0.3, -0.25) is 0 Å². The molecule has 0 saturated heterocycles. The molecule has 0 rings (SSSR count). The van der Waals surface area contributed by atoms with Crippen LogP contribution >= 0.6 is 0 Å². The maximum absolute atomic E-state index is 3.48. The molecular formula is C12H28N2. The Kier molecular flexibility index (Phi) is 9.42. The van der Waals surface area contributed by atoms with E-state index in [0.29, 0.717) is 0 Å². The zero-order valence-electron chi connectivity index (χ0n) is 10.5. The van der Waals surface area contributed by atoms with Crippen LogP contribution in [-0.2, 0) is 0 Å². The van der Waals surface area contributed by atoms with Gasteiger partial charge in [-0.1, -0.05) is 27.7 Å². The molecule has 1 N–H and O–H groups in total. The molecule has 0 bridgehead atoms. The predicted molar refractivity (Wildman–Crippen MR) is 64.7 cm³/mol. The van der Waals surface area contributed by atoms with Crippen LogP contribution in [0.5, 0.6) is 0 Å². The van der Waals surface area contributed by atoms with Crippen LogP contribution in [0, 0.1) is 5.92 Å². The number of nitrogens with one attached hydrogen (secondary N) is 1. The van der Waals surface area contributed by atoms with E-state index in [-0.39, 0.29) is 0 Å². The fourth-order valence-electron chi connectivity index (χ4n) is 1.52. The first-order chi connectivity index (χ1) is 6.70. The SMILES string of the molecule is CCN(CC)CCCCNCC(C)C. The van der Waals surface area contributed by atoms with E-state index in [1.165, 1.54) is 39.0 Å². The van der Waals surface area contributed by atoms with Gasteiger partial charge in [-0.25, -0.2) is 0 Å². The Morgan fingerprint density at radius 2 is 1.71 bits per heavy atom. The van der Waals surface area contributed by atoms with Crippen molar-refractivity contribution in [1.29, 1.82) is 0 Å². The molecule has 0 saturated carbocycles. The van der Waals surface area contributed by atoms with Crippen LogP contribution in [0.15, 0.2) is 0 Å². The highest BCUT2D eigenvalue weighted by molar-refractivity contribution is 4.55. The zero-order chi connectivity index (χ0) is 10.8. The molecule has 14 heavy (non-hydrogen) atoms. The van der Waals surface area contributed by atoms with E-state index < -0.39 is 0 Å². The molecule has 0 atom stereocenters. The Morgan fingerprint density at radius 3 is 2.21 bits per heavy atom. The lowest BCUT2D eigenvalue weighted by Crippen LogP contribution is -2.25. The number of hydrogen-bond acceptors (Lipinski definition) is 2. The summed E-state index contributed by atoms with van der Waals surface area (Å²) in [6, 6.07) is 0. The Balaban J connectivity index is 3.12. The average Bonchev–Trinajstić information content (AvgIpc) is 2.16. The summed E-state index contributed by atoms with van der Waals surface area (Å²) in [7, 11) is 0. The van der Waals surface area contributed by atoms with E-state index in [0.717, 1.165) is 12.5 Å². The second-order valence-corrected chi connectivity index (χ2v) is 4.33. The number of hydrogen-bond donors (Lipinski definition) is 1. The Labute approximate surface area is 90.1 Å². The first-order valence-electron chi connectivity index (χ1n) is 6.13. The molecule has 2 nitrogen and oxygen atoms in total. The molecule has 2 heteroatoms. The van der Waals surface area contributed by atoms with Gasteiger partial charge in [0.15, 0.2) is 0 Å². The molecule has 0 aliphatic rings. The summed E-state index contributed by atoms with van der Waals surface area (Å²) < 4.78 is 0. The van der Waals surface area contributed by atoms with Crippen molar-refractivity contribution in [1.82, 2.24) is 10.2 Å². The van der Waals surface area contributed by atoms with Gasteiger partial charge < -0.3 is 10.2 Å². The van der Waals surface area contributed by atoms with E-state index in [4.69, 9.17) is 0 Å². The van der Waals surface area contributed by atoms with Crippen LogP contribution in [0.4, 0.5) is 0 Å². The summed E-state index contributed by atoms with van der Waals surface area (Å²) >= 11 is 0. The minimum absolute atomic E-state index is 0.776. The third-order valence-electron chi connectivity index (χ3n) is 2.52. The molecular weight excluding hydrogens is 172 g/mol. The predicted octanol–water partition coefficient (Wildman–Crippen LogP) is 2.35. The second-order valence-electron chi connectivity index (χ2n) is 4.33. The summed E-state index contributed by atoms with van der Waals surface area (Å²) in [5, 5.41) is 3.48. The molecule has 0 amide bonds. The molecule has 0 aromatic heterocycles. The van der Waals surface area contributed by atoms with Crippen molar-refractivity contribution >= 4 is 0 Å². The first kappa shape index (κ1) is 13.9. The third kappa shape index (κ3) is 8.52. The van der Waals surface area contributed by atoms with Crippen molar-refractivity contribution in [3.8, 4) is 0 Å². The van der Waals surface area contributed by atoms with Crippen molar-refractivity contribution in [2.24, 2.45) is 5.92 Å². The number of rotatable bonds is 9. The molecule has 0 spiro atoms. The lowest BCUT2D eigenvalue weighted by Gasteiger charge is -2.17. The fourth-order valence-corrected chi connectivity index (χ4v) is 1.52. The van der Waals surface area contributed by atoms with Crippen LogP contribution in [0.2, 0.25) is 0 Å². The highest BCUT2D eigenvalue weighted by atomic mass is 15.1. The summed E-state index contributed by atoms with van der Waals surface area (Å²) in [5.74, 6) is 0.776. The smallest absolute Gasteiger partial charge is 0.00185 e. The molecule has 0 fully saturated rings. The highest BCUT2D eigenvalue weighted by Gasteiger charge is 1.98. The summed E-state index contributed by atoms with van der Waals surface area (Å²) in [6.07, 6.45) is 2.63. The van der Waals surface area contributed by atoms with Crippen molar-refractivity contribution in [3.63, 3.8) is 0 Å². The Hall–Kier alpha value is -0.0800. The molecule has 0 aliphatic carbocycles. The molecule has 0 aromatic carbocycles. The van der Waals surface area contributed by atoms with E-state index >= 15 is 0 Å². The molecule has 0 aliphatic heterocycles. The third-order valence-corrected chi connectivity index (χ3v) is 2.52. The largest absolute Gasteiger partial charge is 0.316 e. The molecule has 0 unspecified atom stereocenters. The maximum Gasteiger partial charge on any atom is -0.00185 e. The van der Waals surface area contributed by atoms with E-state index in [2.05, 4.69) is 37.9 Å². The second kappa shape index (κ2) is 9.47. The van der Waals surface area contributed by atoms with Gasteiger partial charge in [-0.15, -0.1) is 0 Å². The van der Waals surface area contributed by atoms with Gasteiger partial charge in [0.1, 0.15) is 0 Å². The van der Waals surface area contributed by atoms with Crippen molar-refractivity contribution < 1.29 is 0 Å². The Bertz CT molecular complexity index is 109. The molecule has 86 valence electrons. The lowest BCUT2D eigenvalue weighted by molar-refractivity contribution is 0.296. The van der Waals surface area contributed by atoms with Gasteiger partial charge in [0.05, 0.1) is 0 Å². The summed E-state index contributed by atoms with van der Waals surface area (Å²) in [6.45, 7) is 15.0. The van der Waals surface area contributed by atoms with Crippen molar-refractivity contribution in [2.75, 3.05) is 32.7 Å². The van der Waals surface area contributed by atoms with Crippen LogP contribution < -0.4 is 5.32 Å². The topological polar surface area (TPSA) is 15.3 Å². The van der Waals surface area contributed by atoms with Gasteiger partial charge in [0.2, 0.25) is 0 Å². The number of unbranched alkanes of at least 4 members (excludes halogenated alkanes) is 1. The fraction of sp³-hybridized carbons (Fsp3) is 1.00. The van der Waals surface area contributed by atoms with Crippen LogP contribution in [0.1, 0.15) is 40.5 Å². The number of nitrogens with zero attached hydrogens (tertiary/aromatic N) is 1. The Morgan fingerprint density at radius 1 is 1.07 bits per heavy atom. The van der Waals surface area contributed by atoms with Gasteiger partial charge in [-0.2, -0.15) is 0 Å². The monoisotopic (exact) mass is 200 g/mol. The van der Waals surface area contributed by atoms with Crippen molar-refractivity contribution in [2.45, 2.75) is 40.5 Å². The van der Waals surface area contributed by atoms with Crippen LogP contribution in [0.3, 0.4) is 0 Å². The van der Waals surface area contributed by atoms with Crippen LogP contribution in [0.25, 0.3) is 0 Å². The lowest BCUT2D eigenvalue weighted by atomic mass is 10.2.